The highest BCUT2D eigenvalue weighted by atomic mass is 16.8. The van der Waals surface area contributed by atoms with Gasteiger partial charge in [0.15, 0.2) is 25.0 Å². The number of hydrogen-bond acceptors (Lipinski definition) is 23. The first-order valence-corrected chi connectivity index (χ1v) is 18.0. The van der Waals surface area contributed by atoms with Crippen LogP contribution in [0.25, 0.3) is 0 Å². The molecule has 1 amide bonds. The third-order valence-corrected chi connectivity index (χ3v) is 10.2. The summed E-state index contributed by atoms with van der Waals surface area (Å²) in [6, 6.07) is -5.06. The van der Waals surface area contributed by atoms with Gasteiger partial charge < -0.3 is 119 Å². The normalized spacial score (nSPS) is 45.6. The Morgan fingerprint density at radius 2 is 1.28 bits per heavy atom. The van der Waals surface area contributed by atoms with Crippen LogP contribution in [-0.4, -0.2) is 220 Å². The van der Waals surface area contributed by atoms with Crippen molar-refractivity contribution < 1.29 is 79.2 Å². The Balaban J connectivity index is 1.57. The van der Waals surface area contributed by atoms with E-state index in [0.717, 1.165) is 0 Å². The van der Waals surface area contributed by atoms with E-state index in [1.807, 2.05) is 0 Å². The van der Waals surface area contributed by atoms with Gasteiger partial charge in [0.1, 0.15) is 79.4 Å². The highest BCUT2D eigenvalue weighted by Gasteiger charge is 2.55. The molecule has 1 saturated carbocycles. The zero-order valence-corrected chi connectivity index (χ0v) is 29.6. The number of aliphatic hydroxyl groups excluding tert-OH is 9. The van der Waals surface area contributed by atoms with Crippen LogP contribution in [0.15, 0.2) is 0 Å². The molecule has 4 rings (SSSR count). The largest absolute Gasteiger partial charge is 0.394 e. The summed E-state index contributed by atoms with van der Waals surface area (Å²) in [4.78, 5) is 12.8. The second-order valence-electron chi connectivity index (χ2n) is 14.1. The first kappa shape index (κ1) is 45.3. The summed E-state index contributed by atoms with van der Waals surface area (Å²) in [6.07, 6.45) is -25.1. The number of hydrogen-bond donors (Lipinski definition) is 17. The van der Waals surface area contributed by atoms with E-state index in [2.05, 4.69) is 10.6 Å². The molecule has 24 nitrogen and oxygen atoms in total. The molecule has 1 unspecified atom stereocenters. The smallest absolute Gasteiger partial charge is 0.251 e. The topological polar surface area (TPSA) is 435 Å². The number of amides is 1. The summed E-state index contributed by atoms with van der Waals surface area (Å²) in [5.74, 6) is -1.10. The maximum atomic E-state index is 12.8. The number of carbonyl (C=O) groups is 1. The van der Waals surface area contributed by atoms with Crippen LogP contribution in [0.2, 0.25) is 0 Å². The predicted molar refractivity (Wildman–Crippen MR) is 181 cm³/mol. The second-order valence-corrected chi connectivity index (χ2v) is 14.1. The molecular formula is C30H60N8O16. The number of nitrogens with one attached hydrogen (secondary N) is 2. The van der Waals surface area contributed by atoms with E-state index < -0.39 is 148 Å². The first-order valence-electron chi connectivity index (χ1n) is 18.0. The van der Waals surface area contributed by atoms with Crippen molar-refractivity contribution in [1.29, 1.82) is 0 Å². The molecule has 24 heteroatoms. The molecule has 316 valence electrons. The van der Waals surface area contributed by atoms with E-state index in [-0.39, 0.29) is 19.5 Å². The average molecular weight is 789 g/mol. The van der Waals surface area contributed by atoms with Gasteiger partial charge in [0.05, 0.1) is 24.7 Å². The van der Waals surface area contributed by atoms with Crippen molar-refractivity contribution in [3.8, 4) is 0 Å². The lowest BCUT2D eigenvalue weighted by molar-refractivity contribution is -0.308. The molecule has 3 heterocycles. The molecule has 3 aliphatic heterocycles. The van der Waals surface area contributed by atoms with E-state index in [9.17, 15) is 50.8 Å². The van der Waals surface area contributed by atoms with Crippen LogP contribution in [-0.2, 0) is 33.2 Å². The molecule has 4 fully saturated rings. The van der Waals surface area contributed by atoms with Crippen LogP contribution in [0.1, 0.15) is 12.8 Å². The van der Waals surface area contributed by atoms with Crippen molar-refractivity contribution in [3.05, 3.63) is 0 Å². The fraction of sp³-hybridized carbons (Fsp3) is 0.967. The van der Waals surface area contributed by atoms with Crippen molar-refractivity contribution in [3.63, 3.8) is 0 Å². The Bertz CT molecular complexity index is 1160. The number of nitrogens with two attached hydrogens (primary N) is 6. The highest BCUT2D eigenvalue weighted by Crippen LogP contribution is 2.34. The van der Waals surface area contributed by atoms with Gasteiger partial charge in [0, 0.05) is 25.7 Å². The van der Waals surface area contributed by atoms with E-state index in [0.29, 0.717) is 19.5 Å². The van der Waals surface area contributed by atoms with Crippen molar-refractivity contribution in [1.82, 2.24) is 10.6 Å². The van der Waals surface area contributed by atoms with Gasteiger partial charge in [-0.15, -0.1) is 0 Å². The first-order chi connectivity index (χ1) is 25.6. The van der Waals surface area contributed by atoms with Gasteiger partial charge in [-0.3, -0.25) is 4.79 Å². The third kappa shape index (κ3) is 10.2. The molecule has 4 aliphatic rings. The summed E-state index contributed by atoms with van der Waals surface area (Å²) in [5, 5.41) is 101. The number of ether oxygens (including phenoxy) is 6. The summed E-state index contributed by atoms with van der Waals surface area (Å²) >= 11 is 0. The number of aliphatic hydroxyl groups is 9. The van der Waals surface area contributed by atoms with Gasteiger partial charge in [-0.25, -0.2) is 0 Å². The standard InChI is InChI=1S/C30H60N8O16/c31-2-1-3-37-7-13-20(44)22(46)16(36)29(50-13)52-24-9(34)4-10(38-27(48)18(42)11(40)5-32)17(41)26(24)54-30-23(47)25(14(8-39)51-30)53-28-15(35)21(45)19(43)12(6-33)49-28/h9-26,28-30,37,39-47H,1-8,31-36H2,(H,38,48)/t9-,10+,11+,12-,13+,14+,15+,16+,17-,18?,19+,20+,21+,22+,23+,24+,25+,26+,28+,29+,30-/m0/s1. The fourth-order valence-electron chi connectivity index (χ4n) is 6.87. The van der Waals surface area contributed by atoms with Crippen LogP contribution in [0, 0.1) is 0 Å². The lowest BCUT2D eigenvalue weighted by atomic mass is 9.83. The van der Waals surface area contributed by atoms with Crippen LogP contribution >= 0.6 is 0 Å². The molecule has 23 N–H and O–H groups in total. The SMILES string of the molecule is NCCCNC[C@H]1O[C@H](O[C@H]2[C@H](O[C@@H]3O[C@H](CO)[C@@H](O[C@H]4O[C@@H](CN)[C@@H](O)[C@H](O)[C@H]4N)[C@H]3O)[C@@H](O)[C@H](NC(=O)C(O)[C@H](O)CN)C[C@@H]2N)[C@H](N)[C@@H](O)[C@@H]1O. The lowest BCUT2D eigenvalue weighted by Gasteiger charge is -2.48. The predicted octanol–water partition coefficient (Wildman–Crippen LogP) is -11.1. The Kier molecular flexibility index (Phi) is 17.1. The average Bonchev–Trinajstić information content (AvgIpc) is 3.46. The molecule has 0 bridgehead atoms. The van der Waals surface area contributed by atoms with Crippen molar-refractivity contribution >= 4 is 5.91 Å². The monoisotopic (exact) mass is 788 g/mol. The quantitative estimate of drug-likeness (QED) is 0.0608. The molecule has 21 atom stereocenters. The minimum atomic E-state index is -1.97. The van der Waals surface area contributed by atoms with E-state index in [1.54, 1.807) is 0 Å². The highest BCUT2D eigenvalue weighted by molar-refractivity contribution is 5.81. The lowest BCUT2D eigenvalue weighted by Crippen LogP contribution is -2.69. The van der Waals surface area contributed by atoms with Crippen molar-refractivity contribution in [2.75, 3.05) is 39.3 Å². The van der Waals surface area contributed by atoms with Gasteiger partial charge in [-0.2, -0.15) is 0 Å². The van der Waals surface area contributed by atoms with Crippen LogP contribution in [0.4, 0.5) is 0 Å². The maximum absolute atomic E-state index is 12.8. The third-order valence-electron chi connectivity index (χ3n) is 10.2. The summed E-state index contributed by atoms with van der Waals surface area (Å²) in [7, 11) is 0. The van der Waals surface area contributed by atoms with E-state index in [4.69, 9.17) is 62.8 Å². The molecule has 0 radical (unpaired) electrons. The molecule has 0 aromatic heterocycles. The molecule has 0 aromatic rings. The van der Waals surface area contributed by atoms with Crippen LogP contribution in [0.3, 0.4) is 0 Å². The van der Waals surface area contributed by atoms with Crippen LogP contribution in [0.5, 0.6) is 0 Å². The zero-order chi connectivity index (χ0) is 40.0. The summed E-state index contributed by atoms with van der Waals surface area (Å²) in [5.41, 5.74) is 35.3. The Hall–Kier alpha value is -1.41. The number of rotatable bonds is 17. The molecule has 0 spiro atoms. The minimum absolute atomic E-state index is 0.0671. The molecule has 1 aliphatic carbocycles. The van der Waals surface area contributed by atoms with Crippen molar-refractivity contribution in [2.24, 2.45) is 34.4 Å². The Morgan fingerprint density at radius 3 is 1.85 bits per heavy atom. The van der Waals surface area contributed by atoms with Crippen LogP contribution < -0.4 is 45.0 Å². The van der Waals surface area contributed by atoms with Gasteiger partial charge in [-0.05, 0) is 25.9 Å². The summed E-state index contributed by atoms with van der Waals surface area (Å²) in [6.45, 7) is -0.461. The molecule has 3 saturated heterocycles. The summed E-state index contributed by atoms with van der Waals surface area (Å²) < 4.78 is 35.4. The Morgan fingerprint density at radius 1 is 0.722 bits per heavy atom. The molecular weight excluding hydrogens is 728 g/mol. The second kappa shape index (κ2) is 20.3. The Labute approximate surface area is 310 Å². The van der Waals surface area contributed by atoms with Gasteiger partial charge >= 0.3 is 0 Å². The van der Waals surface area contributed by atoms with E-state index in [1.165, 1.54) is 0 Å². The molecule has 0 aromatic carbocycles. The van der Waals surface area contributed by atoms with E-state index >= 15 is 0 Å². The van der Waals surface area contributed by atoms with Gasteiger partial charge in [0.2, 0.25) is 0 Å². The van der Waals surface area contributed by atoms with Gasteiger partial charge in [-0.1, -0.05) is 0 Å². The zero-order valence-electron chi connectivity index (χ0n) is 29.6. The van der Waals surface area contributed by atoms with Gasteiger partial charge in [0.25, 0.3) is 5.91 Å². The minimum Gasteiger partial charge on any atom is -0.394 e. The maximum Gasteiger partial charge on any atom is 0.251 e. The number of carbonyl (C=O) groups excluding carboxylic acids is 1. The van der Waals surface area contributed by atoms with Crippen molar-refractivity contribution in [2.45, 2.75) is 141 Å². The molecule has 54 heavy (non-hydrogen) atoms. The fourth-order valence-corrected chi connectivity index (χ4v) is 6.87.